The molecule has 4 heterocycles. The smallest absolute Gasteiger partial charge is 0.233 e. The Morgan fingerprint density at radius 3 is 2.77 bits per heavy atom. The van der Waals surface area contributed by atoms with Gasteiger partial charge in [-0.05, 0) is 31.5 Å². The third-order valence-electron chi connectivity index (χ3n) is 7.01. The van der Waals surface area contributed by atoms with Gasteiger partial charge in [-0.2, -0.15) is 5.10 Å². The summed E-state index contributed by atoms with van der Waals surface area (Å²) in [6.45, 7) is 1.66. The largest absolute Gasteiger partial charge is 0.493 e. The van der Waals surface area contributed by atoms with E-state index in [9.17, 15) is 9.18 Å². The van der Waals surface area contributed by atoms with Crippen LogP contribution < -0.4 is 10.1 Å². The van der Waals surface area contributed by atoms with Crippen LogP contribution in [0.1, 0.15) is 6.42 Å². The number of hydrogen-bond donors (Lipinski definition) is 1. The molecule has 1 N–H and O–H groups in total. The zero-order valence-corrected chi connectivity index (χ0v) is 19.6. The van der Waals surface area contributed by atoms with Gasteiger partial charge in [0.1, 0.15) is 29.0 Å². The number of ether oxygens (including phenoxy) is 1. The third kappa shape index (κ3) is 3.44. The highest BCUT2D eigenvalue weighted by molar-refractivity contribution is 6.01. The molecule has 178 valence electrons. The third-order valence-corrected chi connectivity index (χ3v) is 7.01. The second-order valence-electron chi connectivity index (χ2n) is 9.38. The van der Waals surface area contributed by atoms with Gasteiger partial charge in [0, 0.05) is 43.5 Å². The average molecular weight is 474 g/mol. The zero-order chi connectivity index (χ0) is 24.3. The molecule has 2 aliphatic rings. The van der Waals surface area contributed by atoms with E-state index in [2.05, 4.69) is 25.3 Å². The number of nitrogens with one attached hydrogen (secondary N) is 1. The van der Waals surface area contributed by atoms with Crippen LogP contribution in [-0.4, -0.2) is 62.8 Å². The number of rotatable bonds is 5. The first-order valence-electron chi connectivity index (χ1n) is 11.4. The lowest BCUT2D eigenvalue weighted by Gasteiger charge is -2.17. The Hall–Kier alpha value is -3.92. The number of fused-ring (bicyclic) bond motifs is 2. The molecule has 1 aliphatic heterocycles. The van der Waals surface area contributed by atoms with Crippen LogP contribution in [0.25, 0.3) is 33.5 Å². The second kappa shape index (κ2) is 7.81. The first kappa shape index (κ1) is 21.6. The van der Waals surface area contributed by atoms with E-state index in [-0.39, 0.29) is 17.1 Å². The quantitative estimate of drug-likeness (QED) is 0.476. The Morgan fingerprint density at radius 1 is 1.20 bits per heavy atom. The van der Waals surface area contributed by atoms with Crippen LogP contribution in [0.5, 0.6) is 5.75 Å². The predicted molar refractivity (Wildman–Crippen MR) is 128 cm³/mol. The van der Waals surface area contributed by atoms with Gasteiger partial charge in [-0.3, -0.25) is 9.48 Å². The summed E-state index contributed by atoms with van der Waals surface area (Å²) in [6.07, 6.45) is 4.09. The molecule has 1 aromatic carbocycles. The lowest BCUT2D eigenvalue weighted by atomic mass is 10.0. The first-order chi connectivity index (χ1) is 16.9. The predicted octanol–water partition coefficient (Wildman–Crippen LogP) is 3.13. The van der Waals surface area contributed by atoms with Gasteiger partial charge in [0.25, 0.3) is 0 Å². The summed E-state index contributed by atoms with van der Waals surface area (Å²) in [4.78, 5) is 29.0. The zero-order valence-electron chi connectivity index (χ0n) is 19.6. The van der Waals surface area contributed by atoms with Crippen molar-refractivity contribution in [2.24, 2.45) is 18.4 Å². The Bertz CT molecular complexity index is 1490. The Balaban J connectivity index is 1.46. The van der Waals surface area contributed by atoms with Crippen LogP contribution in [0.15, 0.2) is 42.9 Å². The van der Waals surface area contributed by atoms with Crippen LogP contribution in [0.2, 0.25) is 0 Å². The highest BCUT2D eigenvalue weighted by Crippen LogP contribution is 2.58. The molecule has 3 aromatic heterocycles. The van der Waals surface area contributed by atoms with Crippen molar-refractivity contribution >= 4 is 22.8 Å². The van der Waals surface area contributed by atoms with Crippen molar-refractivity contribution in [3.63, 3.8) is 0 Å². The number of carbonyl (C=O) groups excluding carboxylic acids is 1. The minimum atomic E-state index is -0.381. The van der Waals surface area contributed by atoms with E-state index >= 15 is 0 Å². The van der Waals surface area contributed by atoms with Crippen molar-refractivity contribution < 1.29 is 13.9 Å². The Labute approximate surface area is 201 Å². The molecular weight excluding hydrogens is 449 g/mol. The number of carbonyl (C=O) groups is 1. The maximum atomic E-state index is 14.7. The molecule has 2 fully saturated rings. The molecule has 1 amide bonds. The van der Waals surface area contributed by atoms with E-state index in [0.717, 1.165) is 19.5 Å². The fourth-order valence-corrected chi connectivity index (χ4v) is 5.24. The number of benzene rings is 1. The van der Waals surface area contributed by atoms with E-state index < -0.39 is 0 Å². The van der Waals surface area contributed by atoms with E-state index in [4.69, 9.17) is 9.72 Å². The molecule has 1 saturated carbocycles. The van der Waals surface area contributed by atoms with Crippen LogP contribution >= 0.6 is 0 Å². The van der Waals surface area contributed by atoms with Crippen LogP contribution in [-0.2, 0) is 11.8 Å². The molecule has 4 aromatic rings. The second-order valence-corrected chi connectivity index (χ2v) is 9.38. The van der Waals surface area contributed by atoms with Crippen molar-refractivity contribution in [2.75, 3.05) is 32.6 Å². The van der Waals surface area contributed by atoms with Crippen LogP contribution in [0, 0.1) is 17.2 Å². The van der Waals surface area contributed by atoms with Gasteiger partial charge in [0.15, 0.2) is 11.6 Å². The minimum absolute atomic E-state index is 0.0520. The summed E-state index contributed by atoms with van der Waals surface area (Å²) < 4.78 is 21.8. The number of amides is 1. The summed E-state index contributed by atoms with van der Waals surface area (Å²) >= 11 is 0. The molecule has 0 spiro atoms. The van der Waals surface area contributed by atoms with Crippen LogP contribution in [0.3, 0.4) is 0 Å². The van der Waals surface area contributed by atoms with Crippen molar-refractivity contribution in [2.45, 2.75) is 6.42 Å². The molecule has 1 saturated heterocycles. The number of hydrogen-bond acceptors (Lipinski definition) is 7. The number of piperidine rings is 1. The average Bonchev–Trinajstić information content (AvgIpc) is 3.21. The van der Waals surface area contributed by atoms with Crippen LogP contribution in [0.4, 0.5) is 10.2 Å². The highest BCUT2D eigenvalue weighted by Gasteiger charge is 2.64. The van der Waals surface area contributed by atoms with Gasteiger partial charge in [0.05, 0.1) is 18.0 Å². The number of aromatic nitrogens is 5. The van der Waals surface area contributed by atoms with Gasteiger partial charge >= 0.3 is 0 Å². The molecule has 2 atom stereocenters. The Morgan fingerprint density at radius 2 is 2.03 bits per heavy atom. The molecular formula is C25H24FN7O2. The number of anilines is 1. The van der Waals surface area contributed by atoms with Crippen molar-refractivity contribution in [3.05, 3.63) is 48.7 Å². The lowest BCUT2D eigenvalue weighted by molar-refractivity contribution is -0.121. The molecule has 0 bridgehead atoms. The molecule has 10 heteroatoms. The van der Waals surface area contributed by atoms with Gasteiger partial charge in [-0.15, -0.1) is 0 Å². The monoisotopic (exact) mass is 473 g/mol. The van der Waals surface area contributed by atoms with E-state index in [1.807, 2.05) is 7.05 Å². The topological polar surface area (TPSA) is 98.1 Å². The van der Waals surface area contributed by atoms with Gasteiger partial charge in [-0.25, -0.2) is 19.3 Å². The van der Waals surface area contributed by atoms with E-state index in [1.54, 1.807) is 42.2 Å². The van der Waals surface area contributed by atoms with Gasteiger partial charge < -0.3 is 15.0 Å². The summed E-state index contributed by atoms with van der Waals surface area (Å²) in [7, 11) is 5.32. The fourth-order valence-electron chi connectivity index (χ4n) is 5.24. The summed E-state index contributed by atoms with van der Waals surface area (Å²) in [5.74, 6) is 0.663. The number of pyridine rings is 1. The molecule has 35 heavy (non-hydrogen) atoms. The normalized spacial score (nSPS) is 21.2. The number of halogens is 1. The maximum absolute atomic E-state index is 14.7. The fraction of sp³-hybridized carbons (Fsp3) is 0.320. The van der Waals surface area contributed by atoms with E-state index in [0.29, 0.717) is 51.0 Å². The summed E-state index contributed by atoms with van der Waals surface area (Å²) in [5.41, 5.74) is 2.54. The van der Waals surface area contributed by atoms with Crippen molar-refractivity contribution in [1.29, 1.82) is 0 Å². The summed E-state index contributed by atoms with van der Waals surface area (Å²) in [6, 6.07) is 8.20. The molecule has 0 radical (unpaired) electrons. The van der Waals surface area contributed by atoms with Crippen molar-refractivity contribution in [1.82, 2.24) is 29.6 Å². The Kier molecular flexibility index (Phi) is 4.82. The molecule has 9 nitrogen and oxygen atoms in total. The minimum Gasteiger partial charge on any atom is -0.493 e. The number of methoxy groups -OCH3 is 1. The van der Waals surface area contributed by atoms with Crippen molar-refractivity contribution in [3.8, 4) is 28.3 Å². The number of nitrogens with zero attached hydrogens (tertiary/aromatic N) is 6. The number of likely N-dealkylation sites (tertiary alicyclic amines) is 1. The molecule has 0 unspecified atom stereocenters. The molecule has 6 rings (SSSR count). The standard InChI is InChI=1S/C25H24FN7O2/c1-32-10-14-9-25(14,12-32)24(34)30-23-19(35-3)8-18-22(29-23)21(28-13-27-18)16-11-33(2)31-20(16)15-6-4-5-7-17(15)26/h4-8,11,13-14H,9-10,12H2,1-3H3,(H,29,30,34)/t14-,25-/m0/s1. The SMILES string of the molecule is COc1cc2ncnc(-c3cn(C)nc3-c3ccccc3F)c2nc1NC(=O)[C@]12C[C@H]1CN(C)C2. The van der Waals surface area contributed by atoms with E-state index in [1.165, 1.54) is 19.5 Å². The maximum Gasteiger partial charge on any atom is 0.233 e. The lowest BCUT2D eigenvalue weighted by Crippen LogP contribution is -2.31. The van der Waals surface area contributed by atoms with Gasteiger partial charge in [0.2, 0.25) is 5.91 Å². The first-order valence-corrected chi connectivity index (χ1v) is 11.4. The van der Waals surface area contributed by atoms with Gasteiger partial charge in [-0.1, -0.05) is 12.1 Å². The molecule has 1 aliphatic carbocycles. The highest BCUT2D eigenvalue weighted by atomic mass is 19.1. The number of aryl methyl sites for hydroxylation is 1. The summed E-state index contributed by atoms with van der Waals surface area (Å²) in [5, 5.41) is 7.49.